The number of nitrogens with one attached hydrogen (secondary N) is 1. The summed E-state index contributed by atoms with van der Waals surface area (Å²) in [6, 6.07) is 15.9. The van der Waals surface area contributed by atoms with Crippen LogP contribution in [0.2, 0.25) is 5.02 Å². The van der Waals surface area contributed by atoms with Crippen molar-refractivity contribution in [3.63, 3.8) is 0 Å². The van der Waals surface area contributed by atoms with Gasteiger partial charge >= 0.3 is 0 Å². The fourth-order valence-electron chi connectivity index (χ4n) is 4.97. The van der Waals surface area contributed by atoms with Crippen LogP contribution in [-0.2, 0) is 0 Å². The topological polar surface area (TPSA) is 31.4 Å². The molecule has 5 rings (SSSR count). The third-order valence-electron chi connectivity index (χ3n) is 6.86. The van der Waals surface area contributed by atoms with E-state index in [1.807, 2.05) is 29.2 Å². The first-order chi connectivity index (χ1) is 16.2. The number of anilines is 2. The summed E-state index contributed by atoms with van der Waals surface area (Å²) in [5.74, 6) is -0.294. The highest BCUT2D eigenvalue weighted by molar-refractivity contribution is 7.80. The van der Waals surface area contributed by atoms with Gasteiger partial charge in [0, 0.05) is 35.2 Å². The van der Waals surface area contributed by atoms with E-state index in [9.17, 15) is 4.39 Å². The molecular weight excluding hydrogens is 467 g/mol. The van der Waals surface area contributed by atoms with E-state index in [1.165, 1.54) is 17.7 Å². The Morgan fingerprint density at radius 2 is 1.85 bits per heavy atom. The number of thiocarbonyl (C=S) groups is 1. The van der Waals surface area contributed by atoms with E-state index < -0.39 is 0 Å². The highest BCUT2D eigenvalue weighted by Gasteiger charge is 2.42. The first kappa shape index (κ1) is 22.8. The van der Waals surface area contributed by atoms with E-state index in [0.29, 0.717) is 10.1 Å². The predicted molar refractivity (Wildman–Crippen MR) is 142 cm³/mol. The summed E-state index contributed by atoms with van der Waals surface area (Å²) in [5, 5.41) is 4.64. The number of aromatic nitrogens is 1. The molecular formula is C27H26ClFN4S. The second kappa shape index (κ2) is 8.36. The molecule has 174 valence electrons. The molecule has 0 radical (unpaired) electrons. The minimum Gasteiger partial charge on any atom is -0.365 e. The fraction of sp³-hybridized carbons (Fsp3) is 0.259. The largest absolute Gasteiger partial charge is 0.365 e. The maximum atomic E-state index is 13.7. The molecule has 1 saturated heterocycles. The van der Waals surface area contributed by atoms with Crippen molar-refractivity contribution in [2.75, 3.05) is 16.8 Å². The Kier molecular flexibility index (Phi) is 5.61. The average Bonchev–Trinajstić information content (AvgIpc) is 3.15. The molecule has 1 aromatic heterocycles. The van der Waals surface area contributed by atoms with E-state index in [-0.39, 0.29) is 23.4 Å². The van der Waals surface area contributed by atoms with Crippen molar-refractivity contribution >= 4 is 45.9 Å². The molecule has 0 saturated carbocycles. The summed E-state index contributed by atoms with van der Waals surface area (Å²) in [7, 11) is 2.09. The quantitative estimate of drug-likeness (QED) is 0.412. The molecule has 3 aromatic rings. The predicted octanol–water partition coefficient (Wildman–Crippen LogP) is 6.68. The Morgan fingerprint density at radius 3 is 2.53 bits per heavy atom. The normalized spacial score (nSPS) is 21.2. The monoisotopic (exact) mass is 492 g/mol. The molecule has 1 N–H and O–H groups in total. The van der Waals surface area contributed by atoms with Crippen molar-refractivity contribution in [3.8, 4) is 0 Å². The number of nitrogens with zero attached hydrogens (tertiary/aromatic N) is 3. The lowest BCUT2D eigenvalue weighted by atomic mass is 9.86. The Labute approximate surface area is 210 Å². The molecule has 4 nitrogen and oxygen atoms in total. The third-order valence-corrected chi connectivity index (χ3v) is 7.50. The van der Waals surface area contributed by atoms with Gasteiger partial charge in [0.15, 0.2) is 5.11 Å². The number of hydrogen-bond acceptors (Lipinski definition) is 3. The fourth-order valence-corrected chi connectivity index (χ4v) is 5.58. The average molecular weight is 493 g/mol. The van der Waals surface area contributed by atoms with Gasteiger partial charge in [-0.15, -0.1) is 0 Å². The second-order valence-corrected chi connectivity index (χ2v) is 10.2. The first-order valence-corrected chi connectivity index (χ1v) is 12.0. The van der Waals surface area contributed by atoms with Crippen molar-refractivity contribution in [1.82, 2.24) is 10.3 Å². The highest BCUT2D eigenvalue weighted by Crippen LogP contribution is 2.47. The smallest absolute Gasteiger partial charge is 0.174 e. The van der Waals surface area contributed by atoms with Crippen LogP contribution in [-0.4, -0.2) is 22.7 Å². The Bertz CT molecular complexity index is 1290. The number of benzene rings is 2. The number of halogens is 2. The molecule has 2 aliphatic heterocycles. The van der Waals surface area contributed by atoms with E-state index in [4.69, 9.17) is 23.8 Å². The SMILES string of the molecule is CC1=CC(C)(C)N(C)c2cc(Cl)c([C@@H]3[C@H](c4ccccn4)NC(=S)N3c3ccc(F)cc3)cc21. The first-order valence-electron chi connectivity index (χ1n) is 11.2. The van der Waals surface area contributed by atoms with Crippen molar-refractivity contribution in [1.29, 1.82) is 0 Å². The number of pyridine rings is 1. The molecule has 0 bridgehead atoms. The molecule has 34 heavy (non-hydrogen) atoms. The molecule has 2 aliphatic rings. The van der Waals surface area contributed by atoms with Crippen LogP contribution < -0.4 is 15.1 Å². The van der Waals surface area contributed by atoms with Crippen LogP contribution in [0.25, 0.3) is 5.57 Å². The lowest BCUT2D eigenvalue weighted by Crippen LogP contribution is -2.42. The number of rotatable bonds is 3. The second-order valence-electron chi connectivity index (χ2n) is 9.40. The number of fused-ring (bicyclic) bond motifs is 1. The van der Waals surface area contributed by atoms with Gasteiger partial charge in [-0.2, -0.15) is 0 Å². The van der Waals surface area contributed by atoms with E-state index >= 15 is 0 Å². The van der Waals surface area contributed by atoms with Crippen LogP contribution in [0.3, 0.4) is 0 Å². The standard InChI is InChI=1S/C27H26ClFN4S/c1-16-15-27(2,3)32(4)23-14-21(28)20(13-19(16)23)25-24(22-7-5-6-12-30-22)31-26(34)33(25)18-10-8-17(29)9-11-18/h5-15,24-25H,1-4H3,(H,31,34)/t24-,25+/m0/s1. The third kappa shape index (κ3) is 3.75. The van der Waals surface area contributed by atoms with E-state index in [1.54, 1.807) is 18.3 Å². The van der Waals surface area contributed by atoms with Crippen LogP contribution in [0.1, 0.15) is 49.7 Å². The van der Waals surface area contributed by atoms with Crippen molar-refractivity contribution in [2.45, 2.75) is 38.4 Å². The van der Waals surface area contributed by atoms with Crippen molar-refractivity contribution < 1.29 is 4.39 Å². The highest BCUT2D eigenvalue weighted by atomic mass is 35.5. The maximum absolute atomic E-state index is 13.7. The minimum absolute atomic E-state index is 0.116. The molecule has 0 unspecified atom stereocenters. The van der Waals surface area contributed by atoms with Crippen LogP contribution in [0.15, 0.2) is 66.9 Å². The molecule has 0 aliphatic carbocycles. The zero-order chi connectivity index (χ0) is 24.2. The Hall–Kier alpha value is -2.96. The molecule has 3 heterocycles. The lowest BCUT2D eigenvalue weighted by molar-refractivity contribution is 0.566. The lowest BCUT2D eigenvalue weighted by Gasteiger charge is -2.41. The van der Waals surface area contributed by atoms with Crippen LogP contribution >= 0.6 is 23.8 Å². The summed E-state index contributed by atoms with van der Waals surface area (Å²) in [6.07, 6.45) is 4.05. The molecule has 1 fully saturated rings. The Balaban J connectivity index is 1.70. The molecule has 0 amide bonds. The zero-order valence-electron chi connectivity index (χ0n) is 19.5. The van der Waals surface area contributed by atoms with Gasteiger partial charge in [0.25, 0.3) is 0 Å². The summed E-state index contributed by atoms with van der Waals surface area (Å²) >= 11 is 12.8. The zero-order valence-corrected chi connectivity index (χ0v) is 21.1. The van der Waals surface area contributed by atoms with Crippen molar-refractivity contribution in [3.05, 3.63) is 94.5 Å². The molecule has 7 heteroatoms. The van der Waals surface area contributed by atoms with Crippen molar-refractivity contribution in [2.24, 2.45) is 0 Å². The van der Waals surface area contributed by atoms with Gasteiger partial charge in [-0.25, -0.2) is 4.39 Å². The van der Waals surface area contributed by atoms with Gasteiger partial charge in [0.2, 0.25) is 0 Å². The van der Waals surface area contributed by atoms with Gasteiger partial charge < -0.3 is 15.1 Å². The number of allylic oxidation sites excluding steroid dienone is 1. The van der Waals surface area contributed by atoms with Crippen LogP contribution in [0.5, 0.6) is 0 Å². The Morgan fingerprint density at radius 1 is 1.12 bits per heavy atom. The minimum atomic E-state index is -0.294. The number of hydrogen-bond donors (Lipinski definition) is 1. The molecule has 2 atom stereocenters. The van der Waals surface area contributed by atoms with Gasteiger partial charge in [0.1, 0.15) is 5.82 Å². The molecule has 0 spiro atoms. The summed E-state index contributed by atoms with van der Waals surface area (Å²) in [5.41, 5.74) is 5.91. The van der Waals surface area contributed by atoms with Gasteiger partial charge in [-0.1, -0.05) is 23.7 Å². The van der Waals surface area contributed by atoms with Crippen LogP contribution in [0.4, 0.5) is 15.8 Å². The van der Waals surface area contributed by atoms with Gasteiger partial charge in [-0.05, 0) is 92.7 Å². The van der Waals surface area contributed by atoms with Crippen LogP contribution in [0, 0.1) is 5.82 Å². The van der Waals surface area contributed by atoms with Gasteiger partial charge in [-0.3, -0.25) is 4.98 Å². The maximum Gasteiger partial charge on any atom is 0.174 e. The van der Waals surface area contributed by atoms with E-state index in [0.717, 1.165) is 28.2 Å². The molecule has 2 aromatic carbocycles. The van der Waals surface area contributed by atoms with Gasteiger partial charge in [0.05, 0.1) is 23.3 Å². The van der Waals surface area contributed by atoms with E-state index in [2.05, 4.69) is 55.2 Å². The number of likely N-dealkylation sites (N-methyl/N-ethyl adjacent to an activating group) is 1. The summed E-state index contributed by atoms with van der Waals surface area (Å²) in [4.78, 5) is 8.86. The summed E-state index contributed by atoms with van der Waals surface area (Å²) < 4.78 is 13.7. The summed E-state index contributed by atoms with van der Waals surface area (Å²) in [6.45, 7) is 6.51.